The molecule has 0 aliphatic carbocycles. The van der Waals surface area contributed by atoms with Gasteiger partial charge in [0.2, 0.25) is 0 Å². The number of hydrogen-bond acceptors (Lipinski definition) is 4. The molecule has 0 spiro atoms. The lowest BCUT2D eigenvalue weighted by Gasteiger charge is -2.32. The summed E-state index contributed by atoms with van der Waals surface area (Å²) >= 11 is 0. The van der Waals surface area contributed by atoms with Crippen molar-refractivity contribution >= 4 is 6.09 Å². The maximum absolute atomic E-state index is 11.7. The molecule has 2 atom stereocenters. The topological polar surface area (TPSA) is 67.6 Å². The Hall–Kier alpha value is -0.810. The van der Waals surface area contributed by atoms with Crippen molar-refractivity contribution in [1.29, 1.82) is 0 Å². The minimum absolute atomic E-state index is 0.00273. The highest BCUT2D eigenvalue weighted by Gasteiger charge is 2.27. The van der Waals surface area contributed by atoms with Crippen molar-refractivity contribution in [3.63, 3.8) is 0 Å². The van der Waals surface area contributed by atoms with Crippen LogP contribution in [-0.2, 0) is 4.74 Å². The SMILES string of the molecule is CC(NC(=O)OC(C)(C)C)C(CN)N1CCCC1. The van der Waals surface area contributed by atoms with Crippen LogP contribution in [0.15, 0.2) is 0 Å². The van der Waals surface area contributed by atoms with E-state index in [0.29, 0.717) is 6.54 Å². The summed E-state index contributed by atoms with van der Waals surface area (Å²) in [5.41, 5.74) is 5.36. The normalized spacial score (nSPS) is 20.5. The lowest BCUT2D eigenvalue weighted by molar-refractivity contribution is 0.0477. The van der Waals surface area contributed by atoms with Gasteiger partial charge in [0.1, 0.15) is 5.60 Å². The molecule has 2 unspecified atom stereocenters. The average molecular weight is 257 g/mol. The Morgan fingerprint density at radius 2 is 1.94 bits per heavy atom. The summed E-state index contributed by atoms with van der Waals surface area (Å²) in [6.07, 6.45) is 2.07. The molecule has 1 heterocycles. The van der Waals surface area contributed by atoms with Crippen LogP contribution in [0.1, 0.15) is 40.5 Å². The first kappa shape index (κ1) is 15.2. The summed E-state index contributed by atoms with van der Waals surface area (Å²) in [4.78, 5) is 14.1. The van der Waals surface area contributed by atoms with E-state index in [0.717, 1.165) is 13.1 Å². The molecule has 1 amide bonds. The lowest BCUT2D eigenvalue weighted by atomic mass is 10.1. The van der Waals surface area contributed by atoms with E-state index in [2.05, 4.69) is 10.2 Å². The minimum atomic E-state index is -0.463. The van der Waals surface area contributed by atoms with Gasteiger partial charge in [-0.25, -0.2) is 4.79 Å². The molecule has 1 saturated heterocycles. The molecule has 0 aromatic heterocycles. The first-order valence-electron chi connectivity index (χ1n) is 6.77. The van der Waals surface area contributed by atoms with Gasteiger partial charge in [-0.15, -0.1) is 0 Å². The predicted molar refractivity (Wildman–Crippen MR) is 72.5 cm³/mol. The van der Waals surface area contributed by atoms with Crippen molar-refractivity contribution in [2.24, 2.45) is 5.73 Å². The highest BCUT2D eigenvalue weighted by molar-refractivity contribution is 5.68. The Morgan fingerprint density at radius 1 is 1.39 bits per heavy atom. The Kier molecular flexibility index (Phi) is 5.41. The van der Waals surface area contributed by atoms with E-state index in [1.165, 1.54) is 12.8 Å². The summed E-state index contributed by atoms with van der Waals surface area (Å²) in [6.45, 7) is 10.3. The first-order valence-corrected chi connectivity index (χ1v) is 6.77. The number of nitrogens with zero attached hydrogens (tertiary/aromatic N) is 1. The van der Waals surface area contributed by atoms with Crippen LogP contribution in [0.5, 0.6) is 0 Å². The lowest BCUT2D eigenvalue weighted by Crippen LogP contribution is -2.53. The maximum atomic E-state index is 11.7. The molecule has 5 heteroatoms. The molecule has 106 valence electrons. The van der Waals surface area contributed by atoms with Crippen LogP contribution in [0.25, 0.3) is 0 Å². The van der Waals surface area contributed by atoms with Crippen molar-refractivity contribution in [1.82, 2.24) is 10.2 Å². The highest BCUT2D eigenvalue weighted by atomic mass is 16.6. The monoisotopic (exact) mass is 257 g/mol. The van der Waals surface area contributed by atoms with Gasteiger partial charge in [0.15, 0.2) is 0 Å². The number of carbonyl (C=O) groups excluding carboxylic acids is 1. The summed E-state index contributed by atoms with van der Waals surface area (Å²) in [6, 6.07) is 0.197. The summed E-state index contributed by atoms with van der Waals surface area (Å²) in [5.74, 6) is 0. The Bertz CT molecular complexity index is 270. The molecule has 0 bridgehead atoms. The molecule has 0 aromatic carbocycles. The first-order chi connectivity index (χ1) is 8.33. The number of nitrogens with two attached hydrogens (primary N) is 1. The van der Waals surface area contributed by atoms with E-state index in [1.54, 1.807) is 0 Å². The molecule has 0 saturated carbocycles. The fourth-order valence-electron chi connectivity index (χ4n) is 2.33. The fraction of sp³-hybridized carbons (Fsp3) is 0.923. The van der Waals surface area contributed by atoms with Gasteiger partial charge in [0.25, 0.3) is 0 Å². The smallest absolute Gasteiger partial charge is 0.407 e. The molecule has 3 N–H and O–H groups in total. The van der Waals surface area contributed by atoms with Crippen LogP contribution in [-0.4, -0.2) is 48.3 Å². The van der Waals surface area contributed by atoms with Crippen LogP contribution >= 0.6 is 0 Å². The number of carbonyl (C=O) groups is 1. The van der Waals surface area contributed by atoms with E-state index in [-0.39, 0.29) is 18.2 Å². The van der Waals surface area contributed by atoms with E-state index in [4.69, 9.17) is 10.5 Å². The number of likely N-dealkylation sites (tertiary alicyclic amines) is 1. The molecule has 0 radical (unpaired) electrons. The zero-order valence-corrected chi connectivity index (χ0v) is 12.0. The molecular weight excluding hydrogens is 230 g/mol. The quantitative estimate of drug-likeness (QED) is 0.797. The molecule has 1 aliphatic rings. The molecular formula is C13H27N3O2. The number of hydrogen-bond donors (Lipinski definition) is 2. The van der Waals surface area contributed by atoms with Gasteiger partial charge in [-0.1, -0.05) is 0 Å². The zero-order chi connectivity index (χ0) is 13.8. The molecule has 18 heavy (non-hydrogen) atoms. The molecule has 0 aromatic rings. The Labute approximate surface area is 110 Å². The second kappa shape index (κ2) is 6.38. The van der Waals surface area contributed by atoms with Crippen molar-refractivity contribution in [3.8, 4) is 0 Å². The minimum Gasteiger partial charge on any atom is -0.444 e. The molecule has 1 aliphatic heterocycles. The summed E-state index contributed by atoms with van der Waals surface area (Å²) in [5, 5.41) is 2.88. The van der Waals surface area contributed by atoms with Crippen molar-refractivity contribution in [2.45, 2.75) is 58.2 Å². The van der Waals surface area contributed by atoms with E-state index >= 15 is 0 Å². The van der Waals surface area contributed by atoms with Crippen molar-refractivity contribution in [3.05, 3.63) is 0 Å². The van der Waals surface area contributed by atoms with Gasteiger partial charge in [0.05, 0.1) is 0 Å². The number of alkyl carbamates (subject to hydrolysis) is 1. The van der Waals surface area contributed by atoms with Crippen LogP contribution < -0.4 is 11.1 Å². The standard InChI is InChI=1S/C13H27N3O2/c1-10(15-12(17)18-13(2,3)4)11(9-14)16-7-5-6-8-16/h10-11H,5-9,14H2,1-4H3,(H,15,17). The Morgan fingerprint density at radius 3 is 2.39 bits per heavy atom. The van der Waals surface area contributed by atoms with Crippen LogP contribution in [0.2, 0.25) is 0 Å². The van der Waals surface area contributed by atoms with E-state index in [9.17, 15) is 4.79 Å². The second-order valence-corrected chi connectivity index (χ2v) is 5.98. The number of ether oxygens (including phenoxy) is 1. The van der Waals surface area contributed by atoms with Gasteiger partial charge in [-0.05, 0) is 53.6 Å². The van der Waals surface area contributed by atoms with E-state index < -0.39 is 5.60 Å². The van der Waals surface area contributed by atoms with Crippen molar-refractivity contribution in [2.75, 3.05) is 19.6 Å². The van der Waals surface area contributed by atoms with Gasteiger partial charge in [-0.3, -0.25) is 4.90 Å². The van der Waals surface area contributed by atoms with Gasteiger partial charge >= 0.3 is 6.09 Å². The Balaban J connectivity index is 2.46. The predicted octanol–water partition coefficient (Wildman–Crippen LogP) is 1.32. The van der Waals surface area contributed by atoms with Gasteiger partial charge < -0.3 is 15.8 Å². The number of nitrogens with one attached hydrogen (secondary N) is 1. The van der Waals surface area contributed by atoms with Crippen LogP contribution in [0.4, 0.5) is 4.79 Å². The van der Waals surface area contributed by atoms with Crippen LogP contribution in [0.3, 0.4) is 0 Å². The zero-order valence-electron chi connectivity index (χ0n) is 12.0. The maximum Gasteiger partial charge on any atom is 0.407 e. The third kappa shape index (κ3) is 4.82. The summed E-state index contributed by atoms with van der Waals surface area (Å²) < 4.78 is 5.26. The van der Waals surface area contributed by atoms with E-state index in [1.807, 2.05) is 27.7 Å². The molecule has 5 nitrogen and oxygen atoms in total. The second-order valence-electron chi connectivity index (χ2n) is 5.98. The highest BCUT2D eigenvalue weighted by Crippen LogP contribution is 2.14. The van der Waals surface area contributed by atoms with Gasteiger partial charge in [0, 0.05) is 18.6 Å². The summed E-state index contributed by atoms with van der Waals surface area (Å²) in [7, 11) is 0. The number of amides is 1. The third-order valence-electron chi connectivity index (χ3n) is 3.17. The molecule has 1 fully saturated rings. The van der Waals surface area contributed by atoms with Crippen molar-refractivity contribution < 1.29 is 9.53 Å². The fourth-order valence-corrected chi connectivity index (χ4v) is 2.33. The number of rotatable bonds is 4. The third-order valence-corrected chi connectivity index (χ3v) is 3.17. The molecule has 1 rings (SSSR count). The van der Waals surface area contributed by atoms with Gasteiger partial charge in [-0.2, -0.15) is 0 Å². The largest absolute Gasteiger partial charge is 0.444 e. The van der Waals surface area contributed by atoms with Crippen LogP contribution in [0, 0.1) is 0 Å². The average Bonchev–Trinajstić information content (AvgIpc) is 2.68.